The van der Waals surface area contributed by atoms with E-state index >= 15 is 0 Å². The van der Waals surface area contributed by atoms with Crippen LogP contribution in [0.1, 0.15) is 0 Å². The van der Waals surface area contributed by atoms with Crippen molar-refractivity contribution in [1.82, 2.24) is 0 Å². The molecule has 0 saturated carbocycles. The van der Waals surface area contributed by atoms with Gasteiger partial charge in [-0.1, -0.05) is 18.2 Å². The number of anilines is 1. The van der Waals surface area contributed by atoms with Crippen LogP contribution in [0.4, 0.5) is 5.69 Å². The smallest absolute Gasteiger partial charge is 0.250 e. The number of aliphatic hydroxyl groups is 1. The maximum absolute atomic E-state index is 11.3. The Morgan fingerprint density at radius 2 is 2.05 bits per heavy atom. The second-order valence-corrected chi connectivity index (χ2v) is 4.35. The summed E-state index contributed by atoms with van der Waals surface area (Å²) in [6.07, 6.45) is 0. The summed E-state index contributed by atoms with van der Waals surface area (Å²) in [5.74, 6) is 0.0182. The number of nitrogens with one attached hydrogen (secondary N) is 1. The van der Waals surface area contributed by atoms with E-state index in [0.717, 1.165) is 16.4 Å². The Kier molecular flexibility index (Phi) is 3.04. The average molecular weight is 271 g/mol. The highest BCUT2D eigenvalue weighted by atomic mass is 16.5. The van der Waals surface area contributed by atoms with E-state index in [0.29, 0.717) is 17.0 Å². The van der Waals surface area contributed by atoms with E-state index in [1.54, 1.807) is 6.07 Å². The number of benzene rings is 2. The molecular weight excluding hydrogens is 258 g/mol. The van der Waals surface area contributed by atoms with E-state index in [2.05, 4.69) is 5.32 Å². The number of carbonyl (C=O) groups is 1. The van der Waals surface area contributed by atoms with Crippen molar-refractivity contribution in [1.29, 1.82) is 0 Å². The molecule has 3 aromatic rings. The van der Waals surface area contributed by atoms with Crippen LogP contribution >= 0.6 is 0 Å². The maximum Gasteiger partial charge on any atom is 0.250 e. The lowest BCUT2D eigenvalue weighted by Crippen LogP contribution is -2.15. The summed E-state index contributed by atoms with van der Waals surface area (Å²) >= 11 is 0. The van der Waals surface area contributed by atoms with E-state index in [-0.39, 0.29) is 0 Å². The number of carbonyl (C=O) groups excluding carboxylic acids is 1. The molecule has 2 N–H and O–H groups in total. The number of para-hydroxylation sites is 1. The van der Waals surface area contributed by atoms with Crippen molar-refractivity contribution in [2.45, 2.75) is 0 Å². The predicted octanol–water partition coefficient (Wildman–Crippen LogP) is 2.53. The molecule has 0 unspecified atom stereocenters. The van der Waals surface area contributed by atoms with Crippen LogP contribution in [0, 0.1) is 0 Å². The molecule has 0 aliphatic heterocycles. The summed E-state index contributed by atoms with van der Waals surface area (Å²) in [4.78, 5) is 11.3. The third-order valence-electron chi connectivity index (χ3n) is 3.12. The molecule has 1 aromatic heterocycles. The molecule has 0 saturated heterocycles. The summed E-state index contributed by atoms with van der Waals surface area (Å²) in [6, 6.07) is 11.2. The monoisotopic (exact) mass is 271 g/mol. The van der Waals surface area contributed by atoms with Gasteiger partial charge in [0, 0.05) is 16.8 Å². The van der Waals surface area contributed by atoms with Crippen molar-refractivity contribution in [3.8, 4) is 5.75 Å². The van der Waals surface area contributed by atoms with Gasteiger partial charge < -0.3 is 19.6 Å². The van der Waals surface area contributed by atoms with Crippen LogP contribution < -0.4 is 10.1 Å². The number of rotatable bonds is 3. The lowest BCUT2D eigenvalue weighted by molar-refractivity contribution is -0.118. The number of hydrogen-bond donors (Lipinski definition) is 2. The Balaban J connectivity index is 2.21. The van der Waals surface area contributed by atoms with Crippen molar-refractivity contribution in [2.75, 3.05) is 19.0 Å². The molecule has 0 aliphatic carbocycles. The Morgan fingerprint density at radius 3 is 2.80 bits per heavy atom. The summed E-state index contributed by atoms with van der Waals surface area (Å²) < 4.78 is 11.0. The molecule has 0 radical (unpaired) electrons. The van der Waals surface area contributed by atoms with E-state index in [1.165, 1.54) is 7.11 Å². The average Bonchev–Trinajstić information content (AvgIpc) is 2.83. The first-order valence-electron chi connectivity index (χ1n) is 6.13. The van der Waals surface area contributed by atoms with Gasteiger partial charge in [-0.2, -0.15) is 0 Å². The van der Waals surface area contributed by atoms with Gasteiger partial charge in [0.1, 0.15) is 23.5 Å². The van der Waals surface area contributed by atoms with E-state index in [4.69, 9.17) is 14.3 Å². The molecule has 0 spiro atoms. The highest BCUT2D eigenvalue weighted by molar-refractivity contribution is 6.07. The van der Waals surface area contributed by atoms with Crippen LogP contribution in [0.2, 0.25) is 0 Å². The molecule has 0 fully saturated rings. The fraction of sp³-hybridized carbons (Fsp3) is 0.133. The standard InChI is InChI=1S/C15H13NO4/c1-19-14-6-10-9-4-2-3-5-12(9)20-13(10)7-11(14)16-15(18)8-17/h2-7,17H,8H2,1H3,(H,16,18). The van der Waals surface area contributed by atoms with Crippen molar-refractivity contribution >= 4 is 33.5 Å². The van der Waals surface area contributed by atoms with Crippen LogP contribution in [0.15, 0.2) is 40.8 Å². The SMILES string of the molecule is COc1cc2c(cc1NC(=O)CO)oc1ccccc12. The fourth-order valence-corrected chi connectivity index (χ4v) is 2.21. The molecule has 20 heavy (non-hydrogen) atoms. The van der Waals surface area contributed by atoms with Gasteiger partial charge in [-0.05, 0) is 12.1 Å². The zero-order valence-corrected chi connectivity index (χ0v) is 10.8. The lowest BCUT2D eigenvalue weighted by Gasteiger charge is -2.09. The molecule has 0 bridgehead atoms. The van der Waals surface area contributed by atoms with Crippen LogP contribution in [-0.4, -0.2) is 24.7 Å². The summed E-state index contributed by atoms with van der Waals surface area (Å²) in [5, 5.41) is 13.3. The van der Waals surface area contributed by atoms with E-state index in [9.17, 15) is 4.79 Å². The molecule has 0 aliphatic rings. The molecule has 1 heterocycles. The first-order valence-corrected chi connectivity index (χ1v) is 6.13. The third-order valence-corrected chi connectivity index (χ3v) is 3.12. The molecule has 1 amide bonds. The summed E-state index contributed by atoms with van der Waals surface area (Å²) in [5.41, 5.74) is 1.90. The first kappa shape index (κ1) is 12.5. The Hall–Kier alpha value is -2.53. The van der Waals surface area contributed by atoms with Gasteiger partial charge in [0.05, 0.1) is 12.8 Å². The zero-order valence-electron chi connectivity index (χ0n) is 10.8. The number of methoxy groups -OCH3 is 1. The van der Waals surface area contributed by atoms with Gasteiger partial charge >= 0.3 is 0 Å². The van der Waals surface area contributed by atoms with Crippen molar-refractivity contribution in [3.05, 3.63) is 36.4 Å². The van der Waals surface area contributed by atoms with Gasteiger partial charge in [-0.25, -0.2) is 0 Å². The molecule has 5 heteroatoms. The van der Waals surface area contributed by atoms with E-state index in [1.807, 2.05) is 30.3 Å². The zero-order chi connectivity index (χ0) is 14.1. The van der Waals surface area contributed by atoms with Crippen molar-refractivity contribution in [2.24, 2.45) is 0 Å². The van der Waals surface area contributed by atoms with Crippen LogP contribution in [0.3, 0.4) is 0 Å². The van der Waals surface area contributed by atoms with Crippen LogP contribution in [-0.2, 0) is 4.79 Å². The minimum atomic E-state index is -0.582. The summed E-state index contributed by atoms with van der Waals surface area (Å²) in [7, 11) is 1.53. The molecule has 0 atom stereocenters. The van der Waals surface area contributed by atoms with E-state index < -0.39 is 12.5 Å². The quantitative estimate of drug-likeness (QED) is 0.767. The number of ether oxygens (including phenoxy) is 1. The minimum Gasteiger partial charge on any atom is -0.495 e. The van der Waals surface area contributed by atoms with Gasteiger partial charge in [0.15, 0.2) is 0 Å². The maximum atomic E-state index is 11.3. The number of aliphatic hydroxyl groups excluding tert-OH is 1. The Labute approximate surface area is 114 Å². The lowest BCUT2D eigenvalue weighted by atomic mass is 10.1. The predicted molar refractivity (Wildman–Crippen MR) is 76.0 cm³/mol. The number of furan rings is 1. The highest BCUT2D eigenvalue weighted by Gasteiger charge is 2.13. The van der Waals surface area contributed by atoms with Gasteiger partial charge in [-0.15, -0.1) is 0 Å². The molecular formula is C15H13NO4. The Bertz CT molecular complexity index is 791. The molecule has 3 rings (SSSR count). The highest BCUT2D eigenvalue weighted by Crippen LogP contribution is 2.36. The van der Waals surface area contributed by atoms with Crippen LogP contribution in [0.5, 0.6) is 5.75 Å². The van der Waals surface area contributed by atoms with Gasteiger partial charge in [-0.3, -0.25) is 4.79 Å². The second kappa shape index (κ2) is 4.86. The third kappa shape index (κ3) is 1.98. The van der Waals surface area contributed by atoms with Crippen molar-refractivity contribution < 1.29 is 19.1 Å². The van der Waals surface area contributed by atoms with Gasteiger partial charge in [0.2, 0.25) is 5.91 Å². The normalized spacial score (nSPS) is 10.9. The summed E-state index contributed by atoms with van der Waals surface area (Å²) in [6.45, 7) is -0.582. The number of fused-ring (bicyclic) bond motifs is 3. The Morgan fingerprint density at radius 1 is 1.25 bits per heavy atom. The van der Waals surface area contributed by atoms with Crippen molar-refractivity contribution in [3.63, 3.8) is 0 Å². The second-order valence-electron chi connectivity index (χ2n) is 4.35. The molecule has 102 valence electrons. The van der Waals surface area contributed by atoms with Crippen LogP contribution in [0.25, 0.3) is 21.9 Å². The van der Waals surface area contributed by atoms with Gasteiger partial charge in [0.25, 0.3) is 0 Å². The fourth-order valence-electron chi connectivity index (χ4n) is 2.21. The number of hydrogen-bond acceptors (Lipinski definition) is 4. The number of amides is 1. The minimum absolute atomic E-state index is 0.470. The first-order chi connectivity index (χ1) is 9.72. The topological polar surface area (TPSA) is 71.7 Å². The largest absolute Gasteiger partial charge is 0.495 e. The molecule has 2 aromatic carbocycles. The molecule has 5 nitrogen and oxygen atoms in total.